The number of esters is 1. The molecule has 29 heavy (non-hydrogen) atoms. The van der Waals surface area contributed by atoms with Crippen LogP contribution in [0.15, 0.2) is 30.3 Å². The molecular weight excluding hydrogens is 509 g/mol. The Hall–Kier alpha value is -1.95. The topological polar surface area (TPSA) is 68.7 Å². The first kappa shape index (κ1) is 21.8. The number of rotatable bonds is 5. The number of aliphatic hydroxyl groups is 1. The van der Waals surface area contributed by atoms with Gasteiger partial charge in [0.15, 0.2) is 6.10 Å². The van der Waals surface area contributed by atoms with E-state index in [1.54, 1.807) is 0 Å². The fourth-order valence-electron chi connectivity index (χ4n) is 3.00. The molecule has 2 aromatic rings. The Bertz CT molecular complexity index is 920. The summed E-state index contributed by atoms with van der Waals surface area (Å²) >= 11 is 2.04. The van der Waals surface area contributed by atoms with E-state index in [0.717, 1.165) is 18.2 Å². The predicted molar refractivity (Wildman–Crippen MR) is 103 cm³/mol. The molecule has 10 heteroatoms. The van der Waals surface area contributed by atoms with E-state index in [9.17, 15) is 27.5 Å². The summed E-state index contributed by atoms with van der Waals surface area (Å²) in [6.07, 6.45) is -7.74. The van der Waals surface area contributed by atoms with Gasteiger partial charge in [-0.1, -0.05) is 22.6 Å². The molecule has 1 aromatic heterocycles. The number of hydrogen-bond donors (Lipinski definition) is 1. The molecule has 1 N–H and O–H groups in total. The van der Waals surface area contributed by atoms with Gasteiger partial charge in [-0.2, -0.15) is 13.2 Å². The molecule has 0 aliphatic carbocycles. The summed E-state index contributed by atoms with van der Waals surface area (Å²) in [5.74, 6) is -0.834. The SMILES string of the molecule is CC(=O)OCC1(CI)COc2c1cc(C(O)C(F)(F)F)nc2-c1ccc(F)cc1. The lowest BCUT2D eigenvalue weighted by Crippen LogP contribution is -2.36. The highest BCUT2D eigenvalue weighted by molar-refractivity contribution is 14.1. The Labute approximate surface area is 177 Å². The second-order valence-corrected chi connectivity index (χ2v) is 7.47. The first-order chi connectivity index (χ1) is 13.6. The Morgan fingerprint density at radius 3 is 2.59 bits per heavy atom. The van der Waals surface area contributed by atoms with Gasteiger partial charge in [0.05, 0.1) is 11.1 Å². The molecule has 0 amide bonds. The van der Waals surface area contributed by atoms with Gasteiger partial charge in [0, 0.05) is 22.5 Å². The molecule has 2 unspecified atom stereocenters. The van der Waals surface area contributed by atoms with Crippen molar-refractivity contribution in [2.75, 3.05) is 17.6 Å². The van der Waals surface area contributed by atoms with Gasteiger partial charge in [0.25, 0.3) is 0 Å². The summed E-state index contributed by atoms with van der Waals surface area (Å²) in [6, 6.07) is 6.16. The van der Waals surface area contributed by atoms with Crippen LogP contribution in [0, 0.1) is 5.82 Å². The number of benzene rings is 1. The molecule has 5 nitrogen and oxygen atoms in total. The van der Waals surface area contributed by atoms with Crippen LogP contribution in [-0.2, 0) is 14.9 Å². The second kappa shape index (κ2) is 8.05. The minimum absolute atomic E-state index is 0.0513. The molecule has 0 saturated heterocycles. The summed E-state index contributed by atoms with van der Waals surface area (Å²) < 4.78 is 64.0. The number of aromatic nitrogens is 1. The molecule has 156 valence electrons. The fourth-order valence-corrected chi connectivity index (χ4v) is 3.85. The third-order valence-corrected chi connectivity index (χ3v) is 6.03. The molecule has 1 aliphatic heterocycles. The molecule has 1 aliphatic rings. The van der Waals surface area contributed by atoms with Crippen LogP contribution in [0.2, 0.25) is 0 Å². The molecular formula is C19H16F4INO4. The molecule has 0 spiro atoms. The van der Waals surface area contributed by atoms with Gasteiger partial charge >= 0.3 is 12.1 Å². The minimum atomic E-state index is -4.93. The summed E-state index contributed by atoms with van der Waals surface area (Å²) in [5, 5.41) is 9.79. The van der Waals surface area contributed by atoms with Crippen LogP contribution >= 0.6 is 22.6 Å². The van der Waals surface area contributed by atoms with Crippen LogP contribution < -0.4 is 4.74 Å². The van der Waals surface area contributed by atoms with Gasteiger partial charge in [0.2, 0.25) is 0 Å². The lowest BCUT2D eigenvalue weighted by Gasteiger charge is -2.26. The normalized spacial score (nSPS) is 19.4. The van der Waals surface area contributed by atoms with E-state index in [0.29, 0.717) is 15.6 Å². The van der Waals surface area contributed by atoms with Crippen LogP contribution in [0.5, 0.6) is 5.75 Å². The highest BCUT2D eigenvalue weighted by Gasteiger charge is 2.46. The van der Waals surface area contributed by atoms with Gasteiger partial charge in [-0.15, -0.1) is 0 Å². The van der Waals surface area contributed by atoms with Gasteiger partial charge in [-0.3, -0.25) is 4.79 Å². The van der Waals surface area contributed by atoms with Crippen molar-refractivity contribution in [1.29, 1.82) is 0 Å². The van der Waals surface area contributed by atoms with Crippen molar-refractivity contribution in [3.8, 4) is 17.0 Å². The molecule has 0 saturated carbocycles. The average molecular weight is 525 g/mol. The molecule has 1 aromatic carbocycles. The number of halogens is 5. The number of pyridine rings is 1. The summed E-state index contributed by atoms with van der Waals surface area (Å²) in [7, 11) is 0. The standard InChI is InChI=1S/C19H16F4INO4/c1-10(26)28-8-18(7-24)9-29-16-13(18)6-14(17(27)19(21,22)23)25-15(16)11-2-4-12(20)5-3-11/h2-6,17,27H,7-9H2,1H3. The zero-order valence-corrected chi connectivity index (χ0v) is 17.3. The van der Waals surface area contributed by atoms with E-state index >= 15 is 0 Å². The number of hydrogen-bond acceptors (Lipinski definition) is 5. The van der Waals surface area contributed by atoms with Crippen molar-refractivity contribution < 1.29 is 36.9 Å². The van der Waals surface area contributed by atoms with Crippen molar-refractivity contribution in [3.05, 3.63) is 47.4 Å². The van der Waals surface area contributed by atoms with Crippen molar-refractivity contribution in [1.82, 2.24) is 4.98 Å². The quantitative estimate of drug-likeness (QED) is 0.276. The van der Waals surface area contributed by atoms with Gasteiger partial charge in [-0.05, 0) is 30.3 Å². The van der Waals surface area contributed by atoms with E-state index in [-0.39, 0.29) is 24.7 Å². The van der Waals surface area contributed by atoms with Crippen LogP contribution in [0.25, 0.3) is 11.3 Å². The van der Waals surface area contributed by atoms with Crippen LogP contribution in [-0.4, -0.2) is 39.9 Å². The fraction of sp³-hybridized carbons (Fsp3) is 0.368. The van der Waals surface area contributed by atoms with Crippen molar-refractivity contribution in [2.24, 2.45) is 0 Å². The number of carbonyl (C=O) groups is 1. The maximum Gasteiger partial charge on any atom is 0.420 e. The molecule has 2 heterocycles. The van der Waals surface area contributed by atoms with Crippen molar-refractivity contribution in [3.63, 3.8) is 0 Å². The van der Waals surface area contributed by atoms with Gasteiger partial charge in [0.1, 0.15) is 30.5 Å². The number of alkyl halides is 4. The Kier molecular flexibility index (Phi) is 6.04. The first-order valence-electron chi connectivity index (χ1n) is 8.46. The summed E-state index contributed by atoms with van der Waals surface area (Å²) in [5.41, 5.74) is -0.788. The Morgan fingerprint density at radius 2 is 2.03 bits per heavy atom. The van der Waals surface area contributed by atoms with Crippen LogP contribution in [0.1, 0.15) is 24.3 Å². The third-order valence-electron chi connectivity index (χ3n) is 4.57. The first-order valence-corrected chi connectivity index (χ1v) is 9.98. The van der Waals surface area contributed by atoms with E-state index in [1.165, 1.54) is 19.1 Å². The van der Waals surface area contributed by atoms with E-state index < -0.39 is 35.2 Å². The maximum atomic E-state index is 13.3. The number of ether oxygens (including phenoxy) is 2. The highest BCUT2D eigenvalue weighted by Crippen LogP contribution is 2.47. The molecule has 0 bridgehead atoms. The predicted octanol–water partition coefficient (Wildman–Crippen LogP) is 4.11. The van der Waals surface area contributed by atoms with Gasteiger partial charge < -0.3 is 14.6 Å². The van der Waals surface area contributed by atoms with Crippen LogP contribution in [0.3, 0.4) is 0 Å². The highest BCUT2D eigenvalue weighted by atomic mass is 127. The van der Waals surface area contributed by atoms with Gasteiger partial charge in [-0.25, -0.2) is 9.37 Å². The number of aliphatic hydroxyl groups excluding tert-OH is 1. The smallest absolute Gasteiger partial charge is 0.420 e. The monoisotopic (exact) mass is 525 g/mol. The lowest BCUT2D eigenvalue weighted by atomic mass is 9.84. The minimum Gasteiger partial charge on any atom is -0.490 e. The molecule has 0 fully saturated rings. The molecule has 0 radical (unpaired) electrons. The number of nitrogens with zero attached hydrogens (tertiary/aromatic N) is 1. The largest absolute Gasteiger partial charge is 0.490 e. The summed E-state index contributed by atoms with van der Waals surface area (Å²) in [4.78, 5) is 15.3. The van der Waals surface area contributed by atoms with Crippen molar-refractivity contribution in [2.45, 2.75) is 24.6 Å². The molecule has 3 rings (SSSR count). The lowest BCUT2D eigenvalue weighted by molar-refractivity contribution is -0.207. The Balaban J connectivity index is 2.20. The van der Waals surface area contributed by atoms with E-state index in [4.69, 9.17) is 9.47 Å². The maximum absolute atomic E-state index is 13.3. The average Bonchev–Trinajstić information content (AvgIpc) is 3.04. The number of carbonyl (C=O) groups excluding carboxylic acids is 1. The summed E-state index contributed by atoms with van der Waals surface area (Å²) in [6.45, 7) is 1.18. The molecule has 2 atom stereocenters. The third kappa shape index (κ3) is 4.32. The van der Waals surface area contributed by atoms with E-state index in [1.807, 2.05) is 22.6 Å². The zero-order chi connectivity index (χ0) is 21.4. The second-order valence-electron chi connectivity index (χ2n) is 6.71. The van der Waals surface area contributed by atoms with E-state index in [2.05, 4.69) is 4.98 Å². The Morgan fingerprint density at radius 1 is 1.38 bits per heavy atom. The number of fused-ring (bicyclic) bond motifs is 1. The van der Waals surface area contributed by atoms with Crippen LogP contribution in [0.4, 0.5) is 17.6 Å². The van der Waals surface area contributed by atoms with Crippen molar-refractivity contribution >= 4 is 28.6 Å². The zero-order valence-electron chi connectivity index (χ0n) is 15.1.